The number of hydrogen-bond acceptors (Lipinski definition) is 3. The Morgan fingerprint density at radius 2 is 1.87 bits per heavy atom. The number of amides is 1. The first-order chi connectivity index (χ1) is 11.1. The topological polar surface area (TPSA) is 70.7 Å². The lowest BCUT2D eigenvalue weighted by atomic mass is 9.89. The summed E-state index contributed by atoms with van der Waals surface area (Å²) in [6.07, 6.45) is 1.26. The van der Waals surface area contributed by atoms with E-state index in [0.717, 1.165) is 16.8 Å². The van der Waals surface area contributed by atoms with E-state index in [1.54, 1.807) is 12.1 Å². The molecule has 0 spiro atoms. The Kier molecular flexibility index (Phi) is 5.36. The summed E-state index contributed by atoms with van der Waals surface area (Å²) >= 11 is 0. The molecular weight excluding hydrogens is 288 g/mol. The maximum Gasteiger partial charge on any atom is 0.251 e. The number of hydrazone groups is 1. The fourth-order valence-corrected chi connectivity index (χ4v) is 2.54. The van der Waals surface area contributed by atoms with Crippen LogP contribution in [-0.2, 0) is 0 Å². The third kappa shape index (κ3) is 3.69. The molecule has 5 nitrogen and oxygen atoms in total. The van der Waals surface area contributed by atoms with Gasteiger partial charge in [-0.2, -0.15) is 5.10 Å². The molecule has 0 aromatic heterocycles. The average Bonchev–Trinajstić information content (AvgIpc) is 2.60. The number of nitrogens with two attached hydrogens (primary N) is 1. The normalized spacial score (nSPS) is 12.1. The van der Waals surface area contributed by atoms with Crippen LogP contribution in [0.3, 0.4) is 0 Å². The molecule has 3 N–H and O–H groups in total. The van der Waals surface area contributed by atoms with Crippen LogP contribution in [0.5, 0.6) is 0 Å². The Morgan fingerprint density at radius 3 is 2.48 bits per heavy atom. The summed E-state index contributed by atoms with van der Waals surface area (Å²) in [7, 11) is 3.48. The molecule has 0 radical (unpaired) electrons. The first kappa shape index (κ1) is 16.5. The van der Waals surface area contributed by atoms with Gasteiger partial charge in [-0.15, -0.1) is 0 Å². The van der Waals surface area contributed by atoms with Crippen LogP contribution >= 0.6 is 0 Å². The van der Waals surface area contributed by atoms with Crippen molar-refractivity contribution in [2.45, 2.75) is 12.8 Å². The summed E-state index contributed by atoms with van der Waals surface area (Å²) in [6, 6.07) is 15.7. The molecule has 0 aliphatic carbocycles. The lowest BCUT2D eigenvalue weighted by Gasteiger charge is -2.18. The SMILES string of the molecule is CNC(=O)c1ccccc1C(C)c1ccc(N(C)/N=C\N)cc1. The van der Waals surface area contributed by atoms with E-state index in [1.807, 2.05) is 55.6 Å². The molecule has 1 atom stereocenters. The standard InChI is InChI=1S/C18H22N4O/c1-13(16-6-4-5-7-17(16)18(23)20-2)14-8-10-15(11-9-14)22(3)21-12-19/h4-13H,1-3H3,(H2,19,21)(H,20,23). The van der Waals surface area contributed by atoms with Crippen molar-refractivity contribution in [2.75, 3.05) is 19.1 Å². The van der Waals surface area contributed by atoms with Gasteiger partial charge >= 0.3 is 0 Å². The van der Waals surface area contributed by atoms with E-state index in [1.165, 1.54) is 6.34 Å². The van der Waals surface area contributed by atoms with Crippen LogP contribution in [0.1, 0.15) is 34.3 Å². The molecule has 1 unspecified atom stereocenters. The van der Waals surface area contributed by atoms with Crippen molar-refractivity contribution in [3.63, 3.8) is 0 Å². The monoisotopic (exact) mass is 310 g/mol. The zero-order valence-electron chi connectivity index (χ0n) is 13.7. The number of carbonyl (C=O) groups is 1. The van der Waals surface area contributed by atoms with Gasteiger partial charge in [-0.05, 0) is 29.3 Å². The molecule has 0 fully saturated rings. The number of hydrogen-bond donors (Lipinski definition) is 2. The second kappa shape index (κ2) is 7.45. The van der Waals surface area contributed by atoms with Crippen LogP contribution in [0.2, 0.25) is 0 Å². The maximum absolute atomic E-state index is 12.0. The quantitative estimate of drug-likeness (QED) is 0.506. The van der Waals surface area contributed by atoms with Crippen molar-refractivity contribution < 1.29 is 4.79 Å². The van der Waals surface area contributed by atoms with Crippen LogP contribution in [0.15, 0.2) is 53.6 Å². The molecule has 2 aromatic rings. The molecule has 23 heavy (non-hydrogen) atoms. The Balaban J connectivity index is 2.31. The van der Waals surface area contributed by atoms with E-state index < -0.39 is 0 Å². The number of rotatable bonds is 5. The maximum atomic E-state index is 12.0. The van der Waals surface area contributed by atoms with E-state index in [4.69, 9.17) is 5.73 Å². The molecule has 0 aliphatic heterocycles. The number of benzene rings is 2. The highest BCUT2D eigenvalue weighted by Crippen LogP contribution is 2.28. The van der Waals surface area contributed by atoms with Gasteiger partial charge in [-0.25, -0.2) is 0 Å². The minimum Gasteiger partial charge on any atom is -0.388 e. The third-order valence-electron chi connectivity index (χ3n) is 3.91. The number of nitrogens with zero attached hydrogens (tertiary/aromatic N) is 2. The average molecular weight is 310 g/mol. The zero-order chi connectivity index (χ0) is 16.8. The zero-order valence-corrected chi connectivity index (χ0v) is 13.7. The molecule has 2 aromatic carbocycles. The van der Waals surface area contributed by atoms with E-state index in [-0.39, 0.29) is 11.8 Å². The van der Waals surface area contributed by atoms with Crippen molar-refractivity contribution in [1.29, 1.82) is 0 Å². The highest BCUT2D eigenvalue weighted by molar-refractivity contribution is 5.95. The van der Waals surface area contributed by atoms with Gasteiger partial charge in [0.25, 0.3) is 5.91 Å². The molecule has 0 bridgehead atoms. The molecular formula is C18H22N4O. The fourth-order valence-electron chi connectivity index (χ4n) is 2.54. The van der Waals surface area contributed by atoms with Crippen molar-refractivity contribution in [3.05, 3.63) is 65.2 Å². The summed E-state index contributed by atoms with van der Waals surface area (Å²) in [5.74, 6) is 0.0435. The number of nitrogens with one attached hydrogen (secondary N) is 1. The molecule has 2 rings (SSSR count). The Hall–Kier alpha value is -2.82. The molecule has 0 aliphatic rings. The van der Waals surface area contributed by atoms with Gasteiger partial charge in [0.2, 0.25) is 0 Å². The first-order valence-corrected chi connectivity index (χ1v) is 7.47. The minimum atomic E-state index is -0.0684. The molecule has 0 saturated heterocycles. The molecule has 120 valence electrons. The number of anilines is 1. The lowest BCUT2D eigenvalue weighted by molar-refractivity contribution is 0.0962. The second-order valence-electron chi connectivity index (χ2n) is 5.27. The fraction of sp³-hybridized carbons (Fsp3) is 0.222. The molecule has 0 heterocycles. The first-order valence-electron chi connectivity index (χ1n) is 7.47. The Bertz CT molecular complexity index is 694. The van der Waals surface area contributed by atoms with Crippen molar-refractivity contribution in [2.24, 2.45) is 10.8 Å². The van der Waals surface area contributed by atoms with E-state index in [9.17, 15) is 4.79 Å². The molecule has 5 heteroatoms. The van der Waals surface area contributed by atoms with Gasteiger partial charge in [-0.3, -0.25) is 9.80 Å². The Morgan fingerprint density at radius 1 is 1.22 bits per heavy atom. The van der Waals surface area contributed by atoms with Crippen LogP contribution in [-0.4, -0.2) is 26.3 Å². The Labute approximate surface area is 136 Å². The van der Waals surface area contributed by atoms with Gasteiger partial charge in [0.05, 0.1) is 5.69 Å². The van der Waals surface area contributed by atoms with E-state index >= 15 is 0 Å². The summed E-state index contributed by atoms with van der Waals surface area (Å²) in [5, 5.41) is 8.40. The highest BCUT2D eigenvalue weighted by Gasteiger charge is 2.16. The van der Waals surface area contributed by atoms with Gasteiger partial charge in [0.1, 0.15) is 6.34 Å². The molecule has 0 saturated carbocycles. The summed E-state index contributed by atoms with van der Waals surface area (Å²) < 4.78 is 0. The largest absolute Gasteiger partial charge is 0.388 e. The third-order valence-corrected chi connectivity index (χ3v) is 3.91. The lowest BCUT2D eigenvalue weighted by Crippen LogP contribution is -2.20. The van der Waals surface area contributed by atoms with Crippen molar-refractivity contribution >= 4 is 17.9 Å². The number of carbonyl (C=O) groups excluding carboxylic acids is 1. The predicted molar refractivity (Wildman–Crippen MR) is 94.9 cm³/mol. The molecule has 1 amide bonds. The predicted octanol–water partition coefficient (Wildman–Crippen LogP) is 2.54. The van der Waals surface area contributed by atoms with E-state index in [0.29, 0.717) is 5.56 Å². The van der Waals surface area contributed by atoms with Crippen LogP contribution in [0, 0.1) is 0 Å². The van der Waals surface area contributed by atoms with Crippen LogP contribution in [0.25, 0.3) is 0 Å². The summed E-state index contributed by atoms with van der Waals surface area (Å²) in [5.41, 5.74) is 9.10. The van der Waals surface area contributed by atoms with Crippen molar-refractivity contribution in [3.8, 4) is 0 Å². The van der Waals surface area contributed by atoms with Crippen LogP contribution < -0.4 is 16.1 Å². The summed E-state index contributed by atoms with van der Waals surface area (Å²) in [4.78, 5) is 12.0. The van der Waals surface area contributed by atoms with Gasteiger partial charge in [0, 0.05) is 25.6 Å². The minimum absolute atomic E-state index is 0.0684. The smallest absolute Gasteiger partial charge is 0.251 e. The van der Waals surface area contributed by atoms with Gasteiger partial charge < -0.3 is 11.1 Å². The second-order valence-corrected chi connectivity index (χ2v) is 5.27. The van der Waals surface area contributed by atoms with Crippen molar-refractivity contribution in [1.82, 2.24) is 5.32 Å². The van der Waals surface area contributed by atoms with Gasteiger partial charge in [-0.1, -0.05) is 37.3 Å². The highest BCUT2D eigenvalue weighted by atomic mass is 16.1. The summed E-state index contributed by atoms with van der Waals surface area (Å²) in [6.45, 7) is 2.10. The van der Waals surface area contributed by atoms with Crippen LogP contribution in [0.4, 0.5) is 5.69 Å². The van der Waals surface area contributed by atoms with Gasteiger partial charge in [0.15, 0.2) is 0 Å². The van der Waals surface area contributed by atoms with E-state index in [2.05, 4.69) is 17.3 Å².